The number of fused-ring (bicyclic) bond motifs is 3. The van der Waals surface area contributed by atoms with Gasteiger partial charge in [0.1, 0.15) is 11.8 Å². The Morgan fingerprint density at radius 3 is 2.83 bits per heavy atom. The summed E-state index contributed by atoms with van der Waals surface area (Å²) in [6.45, 7) is 2.07. The topological polar surface area (TPSA) is 88.7 Å². The Balaban J connectivity index is 1.47. The van der Waals surface area contributed by atoms with Crippen LogP contribution in [0.3, 0.4) is 0 Å². The van der Waals surface area contributed by atoms with E-state index in [1.54, 1.807) is 38.3 Å². The largest absolute Gasteiger partial charge is 0.497 e. The van der Waals surface area contributed by atoms with Gasteiger partial charge < -0.3 is 14.8 Å². The Bertz CT molecular complexity index is 930. The molecule has 2 aromatic carbocycles. The number of rotatable bonds is 5. The maximum Gasteiger partial charge on any atom is 0.338 e. The number of carbonyl (C=O) groups excluding carboxylic acids is 2. The van der Waals surface area contributed by atoms with Crippen molar-refractivity contribution in [2.75, 3.05) is 19.0 Å². The number of benzene rings is 2. The van der Waals surface area contributed by atoms with E-state index in [2.05, 4.69) is 28.3 Å². The first kappa shape index (κ1) is 19.4. The van der Waals surface area contributed by atoms with Gasteiger partial charge in [-0.3, -0.25) is 4.79 Å². The second-order valence-electron chi connectivity index (χ2n) is 7.30. The summed E-state index contributed by atoms with van der Waals surface area (Å²) in [5.41, 5.74) is 9.90. The lowest BCUT2D eigenvalue weighted by Crippen LogP contribution is -2.42. The summed E-state index contributed by atoms with van der Waals surface area (Å²) in [6, 6.07) is 12.6. The van der Waals surface area contributed by atoms with Gasteiger partial charge in [-0.2, -0.15) is 0 Å². The number of ether oxygens (including phenoxy) is 2. The van der Waals surface area contributed by atoms with E-state index in [1.165, 1.54) is 11.1 Å². The molecule has 0 aromatic heterocycles. The molecule has 0 spiro atoms. The first-order valence-electron chi connectivity index (χ1n) is 9.86. The van der Waals surface area contributed by atoms with E-state index in [4.69, 9.17) is 9.47 Å². The summed E-state index contributed by atoms with van der Waals surface area (Å²) in [5.74, 6) is 0.472. The number of amides is 1. The van der Waals surface area contributed by atoms with Crippen LogP contribution < -0.4 is 20.9 Å². The molecule has 1 aliphatic heterocycles. The van der Waals surface area contributed by atoms with E-state index in [0.29, 0.717) is 17.9 Å². The van der Waals surface area contributed by atoms with Gasteiger partial charge in [0.25, 0.3) is 0 Å². The molecule has 1 saturated heterocycles. The maximum atomic E-state index is 12.9. The molecular formula is C22H25N3O4. The van der Waals surface area contributed by atoms with Crippen LogP contribution in [0.4, 0.5) is 5.69 Å². The molecule has 2 aromatic rings. The molecule has 1 amide bonds. The Hall–Kier alpha value is -2.90. The minimum absolute atomic E-state index is 0.0753. The molecule has 1 fully saturated rings. The number of esters is 1. The zero-order valence-electron chi connectivity index (χ0n) is 16.5. The van der Waals surface area contributed by atoms with Crippen LogP contribution in [0.25, 0.3) is 0 Å². The summed E-state index contributed by atoms with van der Waals surface area (Å²) in [6.07, 6.45) is 1.80. The first-order valence-corrected chi connectivity index (χ1v) is 9.86. The van der Waals surface area contributed by atoms with Crippen LogP contribution in [0.2, 0.25) is 0 Å². The van der Waals surface area contributed by atoms with Gasteiger partial charge in [0.2, 0.25) is 5.91 Å². The first-order chi connectivity index (χ1) is 14.1. The molecule has 2 aliphatic rings. The highest BCUT2D eigenvalue weighted by Crippen LogP contribution is 2.40. The van der Waals surface area contributed by atoms with Gasteiger partial charge >= 0.3 is 5.97 Å². The fraction of sp³-hybridized carbons (Fsp3) is 0.364. The Kier molecular flexibility index (Phi) is 5.51. The Labute approximate surface area is 169 Å². The zero-order chi connectivity index (χ0) is 20.4. The van der Waals surface area contributed by atoms with Crippen LogP contribution in [0.5, 0.6) is 5.75 Å². The molecule has 7 nitrogen and oxygen atoms in total. The highest BCUT2D eigenvalue weighted by atomic mass is 16.5. The molecule has 0 saturated carbocycles. The van der Waals surface area contributed by atoms with Crippen molar-refractivity contribution in [3.8, 4) is 5.75 Å². The lowest BCUT2D eigenvalue weighted by atomic mass is 9.77. The quantitative estimate of drug-likeness (QED) is 0.675. The lowest BCUT2D eigenvalue weighted by molar-refractivity contribution is -0.118. The number of hydrogen-bond donors (Lipinski definition) is 3. The smallest absolute Gasteiger partial charge is 0.338 e. The Morgan fingerprint density at radius 1 is 1.17 bits per heavy atom. The Morgan fingerprint density at radius 2 is 2.03 bits per heavy atom. The number of hydrazine groups is 1. The molecule has 4 rings (SSSR count). The van der Waals surface area contributed by atoms with Crippen molar-refractivity contribution in [3.05, 3.63) is 59.2 Å². The third-order valence-electron chi connectivity index (χ3n) is 5.61. The highest BCUT2D eigenvalue weighted by Gasteiger charge is 2.43. The minimum atomic E-state index is -0.399. The molecule has 3 atom stereocenters. The second-order valence-corrected chi connectivity index (χ2v) is 7.30. The van der Waals surface area contributed by atoms with E-state index in [9.17, 15) is 9.59 Å². The van der Waals surface area contributed by atoms with Gasteiger partial charge in [-0.05, 0) is 61.2 Å². The zero-order valence-corrected chi connectivity index (χ0v) is 16.5. The number of nitrogens with one attached hydrogen (secondary N) is 3. The van der Waals surface area contributed by atoms with Crippen LogP contribution in [-0.2, 0) is 16.0 Å². The molecule has 29 heavy (non-hydrogen) atoms. The van der Waals surface area contributed by atoms with Gasteiger partial charge in [-0.1, -0.05) is 12.1 Å². The third-order valence-corrected chi connectivity index (χ3v) is 5.61. The van der Waals surface area contributed by atoms with Gasteiger partial charge in [0.05, 0.1) is 25.3 Å². The van der Waals surface area contributed by atoms with Crippen molar-refractivity contribution in [1.29, 1.82) is 0 Å². The number of methoxy groups -OCH3 is 1. The minimum Gasteiger partial charge on any atom is -0.497 e. The number of carbonyl (C=O) groups is 2. The molecule has 7 heteroatoms. The van der Waals surface area contributed by atoms with Gasteiger partial charge in [0.15, 0.2) is 0 Å². The summed E-state index contributed by atoms with van der Waals surface area (Å²) < 4.78 is 10.4. The molecule has 0 radical (unpaired) electrons. The summed E-state index contributed by atoms with van der Waals surface area (Å²) in [7, 11) is 1.67. The predicted octanol–water partition coefficient (Wildman–Crippen LogP) is 2.59. The van der Waals surface area contributed by atoms with E-state index in [-0.39, 0.29) is 23.9 Å². The molecule has 152 valence electrons. The SMILES string of the molecule is CCOC(=O)c1cccc(NC(=O)C2NNC3c4ccc(OC)cc4CCC23)c1. The predicted molar refractivity (Wildman–Crippen MR) is 109 cm³/mol. The van der Waals surface area contributed by atoms with Crippen LogP contribution in [0.1, 0.15) is 40.9 Å². The van der Waals surface area contributed by atoms with Gasteiger partial charge in [-0.15, -0.1) is 0 Å². The summed E-state index contributed by atoms with van der Waals surface area (Å²) in [4.78, 5) is 24.9. The average Bonchev–Trinajstić information content (AvgIpc) is 3.18. The van der Waals surface area contributed by atoms with Crippen molar-refractivity contribution in [2.45, 2.75) is 31.8 Å². The summed E-state index contributed by atoms with van der Waals surface area (Å²) >= 11 is 0. The standard InChI is InChI=1S/C22H25N3O4/c1-3-29-22(27)14-5-4-6-15(11-14)23-21(26)20-18-9-7-13-12-16(28-2)8-10-17(13)19(18)24-25-20/h4-6,8,10-12,18-20,24-25H,3,7,9H2,1-2H3,(H,23,26). The van der Waals surface area contributed by atoms with Crippen LogP contribution in [0.15, 0.2) is 42.5 Å². The van der Waals surface area contributed by atoms with Crippen LogP contribution in [0, 0.1) is 5.92 Å². The third kappa shape index (κ3) is 3.83. The number of hydrogen-bond acceptors (Lipinski definition) is 6. The molecule has 0 bridgehead atoms. The highest BCUT2D eigenvalue weighted by molar-refractivity contribution is 5.97. The van der Waals surface area contributed by atoms with Gasteiger partial charge in [0, 0.05) is 11.6 Å². The van der Waals surface area contributed by atoms with Crippen LogP contribution >= 0.6 is 0 Å². The second kappa shape index (κ2) is 8.23. The van der Waals surface area contributed by atoms with Crippen molar-refractivity contribution < 1.29 is 19.1 Å². The van der Waals surface area contributed by atoms with E-state index in [0.717, 1.165) is 18.6 Å². The van der Waals surface area contributed by atoms with Crippen LogP contribution in [-0.4, -0.2) is 31.6 Å². The average molecular weight is 395 g/mol. The molecule has 3 unspecified atom stereocenters. The van der Waals surface area contributed by atoms with Crippen molar-refractivity contribution >= 4 is 17.6 Å². The molecule has 1 heterocycles. The molecular weight excluding hydrogens is 370 g/mol. The maximum absolute atomic E-state index is 12.9. The van der Waals surface area contributed by atoms with Crippen molar-refractivity contribution in [1.82, 2.24) is 10.9 Å². The molecule has 1 aliphatic carbocycles. The monoisotopic (exact) mass is 395 g/mol. The van der Waals surface area contributed by atoms with Crippen molar-refractivity contribution in [3.63, 3.8) is 0 Å². The van der Waals surface area contributed by atoms with Gasteiger partial charge in [-0.25, -0.2) is 15.6 Å². The summed E-state index contributed by atoms with van der Waals surface area (Å²) in [5, 5.41) is 2.93. The van der Waals surface area contributed by atoms with E-state index >= 15 is 0 Å². The van der Waals surface area contributed by atoms with Crippen molar-refractivity contribution in [2.24, 2.45) is 5.92 Å². The normalized spacial score (nSPS) is 22.3. The fourth-order valence-electron chi connectivity index (χ4n) is 4.20. The number of aryl methyl sites for hydroxylation is 1. The lowest BCUT2D eigenvalue weighted by Gasteiger charge is -2.29. The van der Waals surface area contributed by atoms with E-state index < -0.39 is 5.97 Å². The number of anilines is 1. The molecule has 3 N–H and O–H groups in total. The fourth-order valence-corrected chi connectivity index (χ4v) is 4.20. The van der Waals surface area contributed by atoms with E-state index in [1.807, 2.05) is 6.07 Å².